The third kappa shape index (κ3) is 3.67. The van der Waals surface area contributed by atoms with E-state index in [1.165, 1.54) is 12.1 Å². The van der Waals surface area contributed by atoms with E-state index in [2.05, 4.69) is 0 Å². The molecule has 2 aromatic carbocycles. The van der Waals surface area contributed by atoms with Gasteiger partial charge >= 0.3 is 6.18 Å². The monoisotopic (exact) mass is 311 g/mol. The van der Waals surface area contributed by atoms with Crippen LogP contribution in [0.3, 0.4) is 0 Å². The zero-order valence-electron chi connectivity index (χ0n) is 10.6. The maximum Gasteiger partial charge on any atom is 0.417 e. The fourth-order valence-corrected chi connectivity index (χ4v) is 1.97. The molecule has 0 atom stereocenters. The molecule has 0 saturated heterocycles. The van der Waals surface area contributed by atoms with E-state index in [0.717, 1.165) is 11.6 Å². The smallest absolute Gasteiger partial charge is 0.417 e. The van der Waals surface area contributed by atoms with Gasteiger partial charge in [0.05, 0.1) is 23.1 Å². The summed E-state index contributed by atoms with van der Waals surface area (Å²) in [6.07, 6.45) is -4.28. The van der Waals surface area contributed by atoms with Crippen LogP contribution in [-0.4, -0.2) is 0 Å². The van der Waals surface area contributed by atoms with Crippen molar-refractivity contribution in [2.24, 2.45) is 0 Å². The second kappa shape index (κ2) is 6.06. The molecule has 0 saturated carbocycles. The summed E-state index contributed by atoms with van der Waals surface area (Å²) in [6.45, 7) is 0. The van der Waals surface area contributed by atoms with Gasteiger partial charge in [-0.15, -0.1) is 0 Å². The molecule has 0 N–H and O–H groups in total. The average Bonchev–Trinajstić information content (AvgIpc) is 2.42. The molecule has 108 valence electrons. The van der Waals surface area contributed by atoms with E-state index >= 15 is 0 Å². The summed E-state index contributed by atoms with van der Waals surface area (Å²) in [7, 11) is 0. The fourth-order valence-electron chi connectivity index (χ4n) is 1.70. The Kier molecular flexibility index (Phi) is 4.39. The molecule has 0 spiro atoms. The maximum absolute atomic E-state index is 12.7. The molecule has 0 aliphatic carbocycles. The van der Waals surface area contributed by atoms with Gasteiger partial charge in [-0.2, -0.15) is 18.4 Å². The lowest BCUT2D eigenvalue weighted by Crippen LogP contribution is -2.06. The van der Waals surface area contributed by atoms with Gasteiger partial charge in [0.25, 0.3) is 0 Å². The Morgan fingerprint density at radius 3 is 2.33 bits per heavy atom. The van der Waals surface area contributed by atoms with Gasteiger partial charge in [0.2, 0.25) is 0 Å². The van der Waals surface area contributed by atoms with E-state index in [4.69, 9.17) is 21.6 Å². The highest BCUT2D eigenvalue weighted by Gasteiger charge is 2.34. The molecule has 0 amide bonds. The van der Waals surface area contributed by atoms with Crippen molar-refractivity contribution in [3.8, 4) is 17.6 Å². The minimum absolute atomic E-state index is 0.0699. The number of hydrogen-bond acceptors (Lipinski definition) is 2. The van der Waals surface area contributed by atoms with Crippen LogP contribution in [0.1, 0.15) is 11.1 Å². The van der Waals surface area contributed by atoms with E-state index < -0.39 is 16.8 Å². The number of hydrogen-bond donors (Lipinski definition) is 0. The normalized spacial score (nSPS) is 11.0. The molecule has 21 heavy (non-hydrogen) atoms. The highest BCUT2D eigenvalue weighted by atomic mass is 35.5. The predicted molar refractivity (Wildman–Crippen MR) is 72.3 cm³/mol. The summed E-state index contributed by atoms with van der Waals surface area (Å²) in [5, 5.41) is 8.08. The first-order chi connectivity index (χ1) is 9.91. The summed E-state index contributed by atoms with van der Waals surface area (Å²) in [6, 6.07) is 12.0. The number of halogens is 4. The maximum atomic E-state index is 12.7. The lowest BCUT2D eigenvalue weighted by atomic mass is 10.1. The second-order valence-corrected chi connectivity index (χ2v) is 4.57. The van der Waals surface area contributed by atoms with Crippen LogP contribution in [0.2, 0.25) is 5.02 Å². The molecule has 2 nitrogen and oxygen atoms in total. The Morgan fingerprint density at radius 1 is 1.10 bits per heavy atom. The Hall–Kier alpha value is -2.19. The van der Waals surface area contributed by atoms with Gasteiger partial charge in [0.1, 0.15) is 11.5 Å². The predicted octanol–water partition coefficient (Wildman–Crippen LogP) is 5.22. The summed E-state index contributed by atoms with van der Waals surface area (Å²) in [5.74, 6) is 0.275. The number of alkyl halides is 3. The first kappa shape index (κ1) is 15.2. The van der Waals surface area contributed by atoms with Crippen LogP contribution < -0.4 is 4.74 Å². The third-order valence-corrected chi connectivity index (χ3v) is 3.09. The molecule has 2 aromatic rings. The van der Waals surface area contributed by atoms with Crippen LogP contribution in [0.15, 0.2) is 42.5 Å². The van der Waals surface area contributed by atoms with Gasteiger partial charge < -0.3 is 4.74 Å². The van der Waals surface area contributed by atoms with Crippen LogP contribution in [0.25, 0.3) is 0 Å². The van der Waals surface area contributed by atoms with Crippen molar-refractivity contribution in [1.29, 1.82) is 5.26 Å². The molecule has 0 fully saturated rings. The number of rotatable bonds is 3. The summed E-state index contributed by atoms with van der Waals surface area (Å²) >= 11 is 5.74. The largest absolute Gasteiger partial charge is 0.456 e. The molecule has 6 heteroatoms. The minimum Gasteiger partial charge on any atom is -0.456 e. The number of ether oxygens (including phenoxy) is 1. The second-order valence-electron chi connectivity index (χ2n) is 4.20. The molecule has 0 bridgehead atoms. The third-order valence-electron chi connectivity index (χ3n) is 2.70. The van der Waals surface area contributed by atoms with E-state index in [1.807, 2.05) is 6.07 Å². The number of nitriles is 1. The first-order valence-corrected chi connectivity index (χ1v) is 6.29. The summed E-state index contributed by atoms with van der Waals surface area (Å²) in [4.78, 5) is 0. The van der Waals surface area contributed by atoms with Crippen molar-refractivity contribution < 1.29 is 17.9 Å². The van der Waals surface area contributed by atoms with Crippen LogP contribution in [0.5, 0.6) is 11.5 Å². The van der Waals surface area contributed by atoms with Gasteiger partial charge in [-0.05, 0) is 29.8 Å². The van der Waals surface area contributed by atoms with Crippen LogP contribution in [-0.2, 0) is 12.6 Å². The number of nitrogens with zero attached hydrogens (tertiary/aromatic N) is 1. The first-order valence-electron chi connectivity index (χ1n) is 5.91. The average molecular weight is 312 g/mol. The van der Waals surface area contributed by atoms with E-state index in [9.17, 15) is 13.2 Å². The molecule has 0 aromatic heterocycles. The fraction of sp³-hybridized carbons (Fsp3) is 0.133. The quantitative estimate of drug-likeness (QED) is 0.778. The van der Waals surface area contributed by atoms with Crippen LogP contribution in [0, 0.1) is 11.3 Å². The lowest BCUT2D eigenvalue weighted by Gasteiger charge is -2.13. The molecule has 0 aliphatic rings. The van der Waals surface area contributed by atoms with Crippen molar-refractivity contribution in [2.45, 2.75) is 12.6 Å². The number of benzene rings is 2. The van der Waals surface area contributed by atoms with Crippen LogP contribution in [0.4, 0.5) is 13.2 Å². The van der Waals surface area contributed by atoms with E-state index in [-0.39, 0.29) is 12.2 Å². The van der Waals surface area contributed by atoms with E-state index in [1.54, 1.807) is 24.3 Å². The van der Waals surface area contributed by atoms with Crippen molar-refractivity contribution in [1.82, 2.24) is 0 Å². The lowest BCUT2D eigenvalue weighted by molar-refractivity contribution is -0.137. The zero-order valence-corrected chi connectivity index (χ0v) is 11.4. The van der Waals surface area contributed by atoms with E-state index in [0.29, 0.717) is 5.75 Å². The zero-order chi connectivity index (χ0) is 15.5. The van der Waals surface area contributed by atoms with Crippen molar-refractivity contribution >= 4 is 11.6 Å². The van der Waals surface area contributed by atoms with Crippen LogP contribution >= 0.6 is 11.6 Å². The SMILES string of the molecule is N#CCc1ccc(Oc2cccc(C(F)(F)F)c2Cl)cc1. The Morgan fingerprint density at radius 2 is 1.76 bits per heavy atom. The Bertz CT molecular complexity index is 675. The molecule has 0 unspecified atom stereocenters. The molecular weight excluding hydrogens is 303 g/mol. The van der Waals surface area contributed by atoms with Crippen molar-refractivity contribution in [3.05, 3.63) is 58.6 Å². The van der Waals surface area contributed by atoms with Gasteiger partial charge in [-0.1, -0.05) is 29.8 Å². The topological polar surface area (TPSA) is 33.0 Å². The van der Waals surface area contributed by atoms with Gasteiger partial charge in [0, 0.05) is 0 Å². The minimum atomic E-state index is -4.53. The molecule has 2 rings (SSSR count). The van der Waals surface area contributed by atoms with Gasteiger partial charge in [-0.3, -0.25) is 0 Å². The Labute approximate surface area is 124 Å². The standard InChI is InChI=1S/C15H9ClF3NO/c16-14-12(15(17,18)19)2-1-3-13(14)21-11-6-4-10(5-7-11)8-9-20/h1-7H,8H2. The molecule has 0 radical (unpaired) electrons. The molecular formula is C15H9ClF3NO. The van der Waals surface area contributed by atoms with Gasteiger partial charge in [-0.25, -0.2) is 0 Å². The summed E-state index contributed by atoms with van der Waals surface area (Å²) < 4.78 is 43.6. The highest BCUT2D eigenvalue weighted by molar-refractivity contribution is 6.32. The highest BCUT2D eigenvalue weighted by Crippen LogP contribution is 2.40. The molecule has 0 aliphatic heterocycles. The Balaban J connectivity index is 2.26. The molecule has 0 heterocycles. The van der Waals surface area contributed by atoms with Gasteiger partial charge in [0.15, 0.2) is 0 Å². The summed E-state index contributed by atoms with van der Waals surface area (Å²) in [5.41, 5.74) is -0.150. The van der Waals surface area contributed by atoms with Crippen molar-refractivity contribution in [3.63, 3.8) is 0 Å². The van der Waals surface area contributed by atoms with Crippen molar-refractivity contribution in [2.75, 3.05) is 0 Å².